The van der Waals surface area contributed by atoms with Crippen LogP contribution in [0.5, 0.6) is 0 Å². The standard InChI is InChI=1S/C12H14N4O2/c1-2-18-11(17)9-7-16(15-12(13)14)10-6-4-3-5-8(9)10/h3-7H,2H2,1H3,(H4,13,14,15). The number of hydrogen-bond acceptors (Lipinski definition) is 3. The molecule has 6 heteroatoms. The van der Waals surface area contributed by atoms with Crippen molar-refractivity contribution in [2.45, 2.75) is 6.92 Å². The smallest absolute Gasteiger partial charge is 0.340 e. The average Bonchev–Trinajstić information content (AvgIpc) is 2.68. The van der Waals surface area contributed by atoms with Crippen LogP contribution < -0.4 is 11.5 Å². The minimum absolute atomic E-state index is 0.0776. The number of aromatic nitrogens is 1. The predicted molar refractivity (Wildman–Crippen MR) is 69.1 cm³/mol. The van der Waals surface area contributed by atoms with Gasteiger partial charge < -0.3 is 16.2 Å². The number of hydrogen-bond donors (Lipinski definition) is 2. The van der Waals surface area contributed by atoms with Gasteiger partial charge in [-0.1, -0.05) is 18.2 Å². The summed E-state index contributed by atoms with van der Waals surface area (Å²) in [6.45, 7) is 2.08. The molecule has 0 radical (unpaired) electrons. The Morgan fingerprint density at radius 1 is 1.39 bits per heavy atom. The fourth-order valence-corrected chi connectivity index (χ4v) is 1.74. The number of nitrogens with two attached hydrogens (primary N) is 2. The maximum Gasteiger partial charge on any atom is 0.340 e. The van der Waals surface area contributed by atoms with Crippen LogP contribution in [0.1, 0.15) is 17.3 Å². The second-order valence-electron chi connectivity index (χ2n) is 3.65. The molecule has 0 aliphatic rings. The van der Waals surface area contributed by atoms with Gasteiger partial charge in [-0.3, -0.25) is 0 Å². The molecule has 1 aromatic heterocycles. The van der Waals surface area contributed by atoms with Gasteiger partial charge in [0.05, 0.1) is 17.7 Å². The van der Waals surface area contributed by atoms with Gasteiger partial charge in [-0.15, -0.1) is 5.10 Å². The summed E-state index contributed by atoms with van der Waals surface area (Å²) in [5.41, 5.74) is 11.9. The summed E-state index contributed by atoms with van der Waals surface area (Å²) >= 11 is 0. The van der Waals surface area contributed by atoms with E-state index in [9.17, 15) is 4.79 Å². The van der Waals surface area contributed by atoms with Gasteiger partial charge in [0.15, 0.2) is 0 Å². The monoisotopic (exact) mass is 246 g/mol. The Labute approximate surface area is 104 Å². The van der Waals surface area contributed by atoms with Crippen molar-refractivity contribution in [3.8, 4) is 0 Å². The minimum Gasteiger partial charge on any atom is -0.462 e. The number of para-hydroxylation sites is 1. The molecule has 6 nitrogen and oxygen atoms in total. The summed E-state index contributed by atoms with van der Waals surface area (Å²) in [4.78, 5) is 11.8. The number of nitrogens with zero attached hydrogens (tertiary/aromatic N) is 2. The van der Waals surface area contributed by atoms with Crippen molar-refractivity contribution in [3.05, 3.63) is 36.0 Å². The number of carbonyl (C=O) groups excluding carboxylic acids is 1. The van der Waals surface area contributed by atoms with E-state index < -0.39 is 5.97 Å². The fourth-order valence-electron chi connectivity index (χ4n) is 1.74. The molecule has 0 aliphatic carbocycles. The molecule has 1 heterocycles. The van der Waals surface area contributed by atoms with Gasteiger partial charge >= 0.3 is 5.97 Å². The summed E-state index contributed by atoms with van der Waals surface area (Å²) in [6, 6.07) is 7.33. The van der Waals surface area contributed by atoms with E-state index in [4.69, 9.17) is 16.2 Å². The molecular formula is C12H14N4O2. The molecule has 0 bridgehead atoms. The number of esters is 1. The maximum atomic E-state index is 11.8. The Balaban J connectivity index is 2.61. The molecule has 94 valence electrons. The van der Waals surface area contributed by atoms with E-state index >= 15 is 0 Å². The van der Waals surface area contributed by atoms with E-state index in [1.807, 2.05) is 24.3 Å². The molecule has 0 spiro atoms. The van der Waals surface area contributed by atoms with Crippen molar-refractivity contribution in [2.75, 3.05) is 6.61 Å². The molecule has 0 saturated carbocycles. The average molecular weight is 246 g/mol. The lowest BCUT2D eigenvalue weighted by atomic mass is 10.2. The highest BCUT2D eigenvalue weighted by atomic mass is 16.5. The van der Waals surface area contributed by atoms with Crippen LogP contribution in [0.4, 0.5) is 0 Å². The van der Waals surface area contributed by atoms with Gasteiger partial charge in [-0.25, -0.2) is 9.47 Å². The summed E-state index contributed by atoms with van der Waals surface area (Å²) in [6.07, 6.45) is 1.56. The number of guanidine groups is 1. The first kappa shape index (κ1) is 12.0. The van der Waals surface area contributed by atoms with Crippen LogP contribution in [0.3, 0.4) is 0 Å². The van der Waals surface area contributed by atoms with Crippen LogP contribution in [0.15, 0.2) is 35.6 Å². The zero-order valence-corrected chi connectivity index (χ0v) is 9.96. The van der Waals surface area contributed by atoms with Crippen LogP contribution in [0.2, 0.25) is 0 Å². The molecular weight excluding hydrogens is 232 g/mol. The highest BCUT2D eigenvalue weighted by molar-refractivity contribution is 6.04. The van der Waals surface area contributed by atoms with Crippen LogP contribution >= 0.6 is 0 Å². The Hall–Kier alpha value is -2.50. The number of ether oxygens (including phenoxy) is 1. The van der Waals surface area contributed by atoms with E-state index in [1.54, 1.807) is 13.1 Å². The third-order valence-electron chi connectivity index (χ3n) is 2.41. The van der Waals surface area contributed by atoms with E-state index in [0.29, 0.717) is 12.2 Å². The van der Waals surface area contributed by atoms with E-state index in [0.717, 1.165) is 10.9 Å². The third kappa shape index (κ3) is 2.13. The highest BCUT2D eigenvalue weighted by Crippen LogP contribution is 2.21. The van der Waals surface area contributed by atoms with Gasteiger partial charge in [-0.05, 0) is 13.0 Å². The normalized spacial score (nSPS) is 10.3. The molecule has 2 rings (SSSR count). The van der Waals surface area contributed by atoms with E-state index in [1.165, 1.54) is 4.68 Å². The molecule has 2 aromatic rings. The summed E-state index contributed by atoms with van der Waals surface area (Å²) in [5, 5.41) is 4.68. The maximum absolute atomic E-state index is 11.8. The molecule has 18 heavy (non-hydrogen) atoms. The van der Waals surface area contributed by atoms with Crippen molar-refractivity contribution in [1.29, 1.82) is 0 Å². The Morgan fingerprint density at radius 2 is 2.11 bits per heavy atom. The highest BCUT2D eigenvalue weighted by Gasteiger charge is 2.15. The lowest BCUT2D eigenvalue weighted by Gasteiger charge is -1.98. The molecule has 0 amide bonds. The van der Waals surface area contributed by atoms with Gasteiger partial charge in [0, 0.05) is 11.6 Å². The second kappa shape index (κ2) is 4.79. The number of carbonyl (C=O) groups is 1. The lowest BCUT2D eigenvalue weighted by Crippen LogP contribution is -2.23. The van der Waals surface area contributed by atoms with E-state index in [2.05, 4.69) is 5.10 Å². The molecule has 0 saturated heterocycles. The third-order valence-corrected chi connectivity index (χ3v) is 2.41. The van der Waals surface area contributed by atoms with Crippen LogP contribution in [0, 0.1) is 0 Å². The first-order chi connectivity index (χ1) is 8.63. The molecule has 0 fully saturated rings. The second-order valence-corrected chi connectivity index (χ2v) is 3.65. The topological polar surface area (TPSA) is 95.6 Å². The molecule has 0 unspecified atom stereocenters. The van der Waals surface area contributed by atoms with Crippen LogP contribution in [0.25, 0.3) is 10.9 Å². The molecule has 1 aromatic carbocycles. The fraction of sp³-hybridized carbons (Fsp3) is 0.167. The number of benzene rings is 1. The van der Waals surface area contributed by atoms with Crippen LogP contribution in [-0.4, -0.2) is 23.2 Å². The lowest BCUT2D eigenvalue weighted by molar-refractivity contribution is 0.0528. The van der Waals surface area contributed by atoms with Crippen LogP contribution in [-0.2, 0) is 4.74 Å². The SMILES string of the molecule is CCOC(=O)c1cn(N=C(N)N)c2ccccc12. The first-order valence-electron chi connectivity index (χ1n) is 5.50. The van der Waals surface area contributed by atoms with Crippen molar-refractivity contribution in [2.24, 2.45) is 16.6 Å². The van der Waals surface area contributed by atoms with Crippen molar-refractivity contribution in [1.82, 2.24) is 4.68 Å². The largest absolute Gasteiger partial charge is 0.462 e. The Kier molecular flexibility index (Phi) is 3.18. The zero-order valence-electron chi connectivity index (χ0n) is 9.96. The van der Waals surface area contributed by atoms with Gasteiger partial charge in [-0.2, -0.15) is 0 Å². The quantitative estimate of drug-likeness (QED) is 0.477. The zero-order chi connectivity index (χ0) is 13.1. The van der Waals surface area contributed by atoms with Crippen molar-refractivity contribution >= 4 is 22.8 Å². The van der Waals surface area contributed by atoms with Crippen molar-refractivity contribution < 1.29 is 9.53 Å². The van der Waals surface area contributed by atoms with E-state index in [-0.39, 0.29) is 5.96 Å². The summed E-state index contributed by atoms with van der Waals surface area (Å²) in [7, 11) is 0. The molecule has 0 aliphatic heterocycles. The number of rotatable bonds is 3. The van der Waals surface area contributed by atoms with Gasteiger partial charge in [0.2, 0.25) is 5.96 Å². The van der Waals surface area contributed by atoms with Gasteiger partial charge in [0.1, 0.15) is 0 Å². The molecule has 4 N–H and O–H groups in total. The predicted octanol–water partition coefficient (Wildman–Crippen LogP) is 0.855. The van der Waals surface area contributed by atoms with Crippen molar-refractivity contribution in [3.63, 3.8) is 0 Å². The minimum atomic E-state index is -0.391. The number of fused-ring (bicyclic) bond motifs is 1. The summed E-state index contributed by atoms with van der Waals surface area (Å²) < 4.78 is 6.46. The molecule has 0 atom stereocenters. The Bertz CT molecular complexity index is 612. The summed E-state index contributed by atoms with van der Waals surface area (Å²) in [5.74, 6) is -0.468. The van der Waals surface area contributed by atoms with Gasteiger partial charge in [0.25, 0.3) is 0 Å². The Morgan fingerprint density at radius 3 is 2.78 bits per heavy atom. The first-order valence-corrected chi connectivity index (χ1v) is 5.50.